The zero-order valence-electron chi connectivity index (χ0n) is 9.05. The van der Waals surface area contributed by atoms with Crippen molar-refractivity contribution in [2.75, 3.05) is 7.11 Å². The summed E-state index contributed by atoms with van der Waals surface area (Å²) in [5, 5.41) is 10.3. The number of hydrogen-bond acceptors (Lipinski definition) is 2. The molecule has 0 heterocycles. The van der Waals surface area contributed by atoms with Gasteiger partial charge in [-0.05, 0) is 31.6 Å². The first-order valence-electron chi connectivity index (χ1n) is 5.37. The molecule has 13 heavy (non-hydrogen) atoms. The minimum atomic E-state index is -0.413. The lowest BCUT2D eigenvalue weighted by Crippen LogP contribution is -2.41. The van der Waals surface area contributed by atoms with Crippen LogP contribution in [0.25, 0.3) is 0 Å². The maximum absolute atomic E-state index is 10.3. The molecule has 1 aliphatic carbocycles. The second kappa shape index (κ2) is 4.43. The van der Waals surface area contributed by atoms with E-state index in [0.29, 0.717) is 12.0 Å². The van der Waals surface area contributed by atoms with Crippen molar-refractivity contribution < 1.29 is 9.84 Å². The molecule has 0 radical (unpaired) electrons. The molecular weight excluding hydrogens is 164 g/mol. The van der Waals surface area contributed by atoms with E-state index in [2.05, 4.69) is 13.8 Å². The lowest BCUT2D eigenvalue weighted by molar-refractivity contribution is -0.0768. The van der Waals surface area contributed by atoms with Gasteiger partial charge in [-0.1, -0.05) is 20.3 Å². The molecule has 1 aliphatic rings. The topological polar surface area (TPSA) is 29.5 Å². The van der Waals surface area contributed by atoms with Crippen LogP contribution in [0.3, 0.4) is 0 Å². The number of hydrogen-bond donors (Lipinski definition) is 1. The largest absolute Gasteiger partial charge is 0.390 e. The van der Waals surface area contributed by atoms with Crippen molar-refractivity contribution >= 4 is 0 Å². The molecule has 0 spiro atoms. The molecule has 1 saturated carbocycles. The van der Waals surface area contributed by atoms with E-state index in [1.165, 1.54) is 0 Å². The van der Waals surface area contributed by atoms with Gasteiger partial charge in [0.1, 0.15) is 0 Å². The van der Waals surface area contributed by atoms with Crippen LogP contribution in [0.4, 0.5) is 0 Å². The zero-order valence-corrected chi connectivity index (χ0v) is 9.05. The van der Waals surface area contributed by atoms with Gasteiger partial charge in [0.05, 0.1) is 11.7 Å². The summed E-state index contributed by atoms with van der Waals surface area (Å²) in [6.07, 6.45) is 5.27. The Hall–Kier alpha value is -0.0800. The highest BCUT2D eigenvalue weighted by molar-refractivity contribution is 4.89. The summed E-state index contributed by atoms with van der Waals surface area (Å²) in [6.45, 7) is 4.29. The van der Waals surface area contributed by atoms with Crippen molar-refractivity contribution in [3.05, 3.63) is 0 Å². The monoisotopic (exact) mass is 186 g/mol. The Morgan fingerprint density at radius 1 is 1.46 bits per heavy atom. The standard InChI is InChI=1S/C11H22O2/c1-4-9(2)11(12)7-5-10(13-3)6-8-11/h9-10,12H,4-8H2,1-3H3. The maximum Gasteiger partial charge on any atom is 0.0675 e. The average Bonchev–Trinajstić information content (AvgIpc) is 2.18. The molecule has 1 N–H and O–H groups in total. The van der Waals surface area contributed by atoms with Crippen molar-refractivity contribution in [2.24, 2.45) is 5.92 Å². The third-order valence-electron chi connectivity index (χ3n) is 3.66. The smallest absolute Gasteiger partial charge is 0.0675 e. The molecule has 0 aromatic heterocycles. The fourth-order valence-corrected chi connectivity index (χ4v) is 2.20. The number of methoxy groups -OCH3 is 1. The molecule has 1 rings (SSSR count). The van der Waals surface area contributed by atoms with Crippen LogP contribution >= 0.6 is 0 Å². The fraction of sp³-hybridized carbons (Fsp3) is 1.00. The van der Waals surface area contributed by atoms with Gasteiger partial charge in [0.15, 0.2) is 0 Å². The number of rotatable bonds is 3. The summed E-state index contributed by atoms with van der Waals surface area (Å²) in [5.74, 6) is 0.422. The minimum absolute atomic E-state index is 0.379. The van der Waals surface area contributed by atoms with E-state index in [1.54, 1.807) is 7.11 Å². The SMILES string of the molecule is CCC(C)C1(O)CCC(OC)CC1. The molecular formula is C11H22O2. The summed E-state index contributed by atoms with van der Waals surface area (Å²) >= 11 is 0. The molecule has 2 heteroatoms. The molecule has 0 amide bonds. The Morgan fingerprint density at radius 2 is 2.00 bits per heavy atom. The van der Waals surface area contributed by atoms with Crippen LogP contribution in [0, 0.1) is 5.92 Å². The second-order valence-corrected chi connectivity index (χ2v) is 4.35. The van der Waals surface area contributed by atoms with Gasteiger partial charge >= 0.3 is 0 Å². The Morgan fingerprint density at radius 3 is 2.38 bits per heavy atom. The van der Waals surface area contributed by atoms with E-state index in [4.69, 9.17) is 4.74 Å². The first-order chi connectivity index (χ1) is 6.12. The van der Waals surface area contributed by atoms with Gasteiger partial charge in [0.25, 0.3) is 0 Å². The van der Waals surface area contributed by atoms with Gasteiger partial charge in [-0.2, -0.15) is 0 Å². The first-order valence-corrected chi connectivity index (χ1v) is 5.37. The highest BCUT2D eigenvalue weighted by atomic mass is 16.5. The molecule has 0 bridgehead atoms. The van der Waals surface area contributed by atoms with Crippen molar-refractivity contribution in [3.63, 3.8) is 0 Å². The minimum Gasteiger partial charge on any atom is -0.390 e. The van der Waals surface area contributed by atoms with E-state index in [9.17, 15) is 5.11 Å². The van der Waals surface area contributed by atoms with Gasteiger partial charge in [0, 0.05) is 7.11 Å². The molecule has 0 saturated heterocycles. The molecule has 1 fully saturated rings. The van der Waals surface area contributed by atoms with Crippen LogP contribution in [-0.2, 0) is 4.74 Å². The number of aliphatic hydroxyl groups is 1. The van der Waals surface area contributed by atoms with Crippen LogP contribution in [0.1, 0.15) is 46.0 Å². The van der Waals surface area contributed by atoms with Gasteiger partial charge in [-0.25, -0.2) is 0 Å². The third kappa shape index (κ3) is 2.44. The van der Waals surface area contributed by atoms with E-state index in [-0.39, 0.29) is 0 Å². The first kappa shape index (κ1) is 11.0. The van der Waals surface area contributed by atoms with Gasteiger partial charge in [-0.15, -0.1) is 0 Å². The van der Waals surface area contributed by atoms with Crippen molar-refractivity contribution in [1.29, 1.82) is 0 Å². The molecule has 0 aromatic rings. The van der Waals surface area contributed by atoms with E-state index < -0.39 is 5.60 Å². The van der Waals surface area contributed by atoms with Crippen LogP contribution in [-0.4, -0.2) is 23.9 Å². The van der Waals surface area contributed by atoms with Crippen LogP contribution in [0.2, 0.25) is 0 Å². The lowest BCUT2D eigenvalue weighted by Gasteiger charge is -2.39. The van der Waals surface area contributed by atoms with E-state index >= 15 is 0 Å². The summed E-state index contributed by atoms with van der Waals surface area (Å²) in [6, 6.07) is 0. The summed E-state index contributed by atoms with van der Waals surface area (Å²) < 4.78 is 5.29. The number of ether oxygens (including phenoxy) is 1. The summed E-state index contributed by atoms with van der Waals surface area (Å²) in [7, 11) is 1.76. The molecule has 1 atom stereocenters. The highest BCUT2D eigenvalue weighted by Crippen LogP contribution is 2.36. The van der Waals surface area contributed by atoms with Gasteiger partial charge in [-0.3, -0.25) is 0 Å². The lowest BCUT2D eigenvalue weighted by atomic mass is 9.74. The molecule has 0 aliphatic heterocycles. The van der Waals surface area contributed by atoms with Crippen molar-refractivity contribution in [2.45, 2.75) is 57.7 Å². The van der Waals surface area contributed by atoms with Crippen molar-refractivity contribution in [1.82, 2.24) is 0 Å². The fourth-order valence-electron chi connectivity index (χ4n) is 2.20. The molecule has 1 unspecified atom stereocenters. The zero-order chi connectivity index (χ0) is 9.90. The molecule has 78 valence electrons. The molecule has 2 nitrogen and oxygen atoms in total. The van der Waals surface area contributed by atoms with Crippen molar-refractivity contribution in [3.8, 4) is 0 Å². The Labute approximate surface area is 81.3 Å². The summed E-state index contributed by atoms with van der Waals surface area (Å²) in [5.41, 5.74) is -0.413. The molecule has 0 aromatic carbocycles. The maximum atomic E-state index is 10.3. The summed E-state index contributed by atoms with van der Waals surface area (Å²) in [4.78, 5) is 0. The Kier molecular flexibility index (Phi) is 3.74. The average molecular weight is 186 g/mol. The van der Waals surface area contributed by atoms with E-state index in [1.807, 2.05) is 0 Å². The quantitative estimate of drug-likeness (QED) is 0.733. The van der Waals surface area contributed by atoms with E-state index in [0.717, 1.165) is 32.1 Å². The third-order valence-corrected chi connectivity index (χ3v) is 3.66. The Balaban J connectivity index is 2.46. The Bertz CT molecular complexity index is 148. The van der Waals surface area contributed by atoms with Crippen LogP contribution in [0.15, 0.2) is 0 Å². The van der Waals surface area contributed by atoms with Gasteiger partial charge < -0.3 is 9.84 Å². The predicted octanol–water partition coefficient (Wildman–Crippen LogP) is 2.35. The second-order valence-electron chi connectivity index (χ2n) is 4.35. The van der Waals surface area contributed by atoms with Crippen LogP contribution in [0.5, 0.6) is 0 Å². The highest BCUT2D eigenvalue weighted by Gasteiger charge is 2.36. The predicted molar refractivity (Wildman–Crippen MR) is 53.7 cm³/mol. The van der Waals surface area contributed by atoms with Gasteiger partial charge in [0.2, 0.25) is 0 Å². The normalized spacial score (nSPS) is 37.4. The van der Waals surface area contributed by atoms with Crippen LogP contribution < -0.4 is 0 Å².